The molecule has 2 aromatic carbocycles. The number of anilines is 1. The van der Waals surface area contributed by atoms with Crippen LogP contribution in [0.2, 0.25) is 5.02 Å². The van der Waals surface area contributed by atoms with Gasteiger partial charge in [-0.3, -0.25) is 9.69 Å². The monoisotopic (exact) mass is 517 g/mol. The molecule has 36 heavy (non-hydrogen) atoms. The molecule has 3 heterocycles. The molecule has 10 heteroatoms. The molecule has 0 aliphatic carbocycles. The molecule has 0 radical (unpaired) electrons. The predicted octanol–water partition coefficient (Wildman–Crippen LogP) is 5.59. The first-order valence-electron chi connectivity index (χ1n) is 12.0. The Morgan fingerprint density at radius 3 is 2.44 bits per heavy atom. The summed E-state index contributed by atoms with van der Waals surface area (Å²) in [4.78, 5) is 15.5. The van der Waals surface area contributed by atoms with E-state index in [1.165, 1.54) is 11.8 Å². The maximum Gasteiger partial charge on any atom is 0.410 e. The zero-order valence-electron chi connectivity index (χ0n) is 19.5. The van der Waals surface area contributed by atoms with Gasteiger partial charge in [-0.25, -0.2) is 4.68 Å². The van der Waals surface area contributed by atoms with Crippen LogP contribution < -0.4 is 10.6 Å². The van der Waals surface area contributed by atoms with Crippen molar-refractivity contribution < 1.29 is 18.0 Å². The first kappa shape index (κ1) is 24.6. The smallest absolute Gasteiger partial charge is 0.363 e. The Hall–Kier alpha value is -3.04. The van der Waals surface area contributed by atoms with E-state index in [2.05, 4.69) is 32.8 Å². The summed E-state index contributed by atoms with van der Waals surface area (Å²) in [7, 11) is 0. The maximum atomic E-state index is 13.9. The number of carbonyl (C=O) groups is 1. The third kappa shape index (κ3) is 5.37. The largest absolute Gasteiger partial charge is 0.410 e. The molecule has 6 nitrogen and oxygen atoms in total. The number of aromatic nitrogens is 2. The lowest BCUT2D eigenvalue weighted by Crippen LogP contribution is -2.44. The van der Waals surface area contributed by atoms with E-state index in [0.29, 0.717) is 10.6 Å². The summed E-state index contributed by atoms with van der Waals surface area (Å²) in [6, 6.07) is 14.4. The van der Waals surface area contributed by atoms with Crippen LogP contribution in [0.5, 0.6) is 0 Å². The topological polar surface area (TPSA) is 62.2 Å². The van der Waals surface area contributed by atoms with Crippen molar-refractivity contribution in [2.45, 2.75) is 50.1 Å². The van der Waals surface area contributed by atoms with Crippen LogP contribution in [0.15, 0.2) is 60.8 Å². The van der Waals surface area contributed by atoms with E-state index in [-0.39, 0.29) is 23.8 Å². The second-order valence-electron chi connectivity index (χ2n) is 9.40. The van der Waals surface area contributed by atoms with Gasteiger partial charge in [0.25, 0.3) is 5.91 Å². The quantitative estimate of drug-likeness (QED) is 0.463. The third-order valence-electron chi connectivity index (χ3n) is 6.93. The maximum absolute atomic E-state index is 13.9. The molecule has 0 bridgehead atoms. The third-order valence-corrected chi connectivity index (χ3v) is 7.18. The number of halogens is 4. The molecular formula is C26H27ClF3N5O. The fourth-order valence-electron chi connectivity index (χ4n) is 4.98. The summed E-state index contributed by atoms with van der Waals surface area (Å²) >= 11 is 5.95. The van der Waals surface area contributed by atoms with Crippen LogP contribution in [0, 0.1) is 0 Å². The number of piperidine rings is 1. The van der Waals surface area contributed by atoms with Crippen molar-refractivity contribution in [1.82, 2.24) is 20.0 Å². The van der Waals surface area contributed by atoms with E-state index in [0.717, 1.165) is 37.2 Å². The molecule has 1 saturated heterocycles. The highest BCUT2D eigenvalue weighted by Crippen LogP contribution is 2.44. The number of carbonyl (C=O) groups excluding carboxylic acids is 1. The molecule has 5 rings (SSSR count). The molecular weight excluding hydrogens is 491 g/mol. The number of amides is 1. The van der Waals surface area contributed by atoms with Crippen molar-refractivity contribution >= 4 is 23.3 Å². The molecule has 1 amide bonds. The second kappa shape index (κ2) is 10.1. The van der Waals surface area contributed by atoms with Gasteiger partial charge in [0.15, 0.2) is 6.04 Å². The number of benzene rings is 2. The number of alkyl halides is 3. The zero-order valence-corrected chi connectivity index (χ0v) is 20.3. The normalized spacial score (nSPS) is 21.0. The van der Waals surface area contributed by atoms with Crippen molar-refractivity contribution in [2.75, 3.05) is 18.4 Å². The number of fused-ring (bicyclic) bond motifs is 1. The first-order chi connectivity index (χ1) is 17.3. The van der Waals surface area contributed by atoms with Crippen LogP contribution in [-0.2, 0) is 6.54 Å². The van der Waals surface area contributed by atoms with Gasteiger partial charge in [-0.15, -0.1) is 0 Å². The summed E-state index contributed by atoms with van der Waals surface area (Å²) in [5, 5.41) is 10.6. The van der Waals surface area contributed by atoms with E-state index in [1.807, 2.05) is 18.2 Å². The van der Waals surface area contributed by atoms with Crippen LogP contribution >= 0.6 is 11.6 Å². The Balaban J connectivity index is 1.28. The van der Waals surface area contributed by atoms with Crippen LogP contribution in [0.3, 0.4) is 0 Å². The van der Waals surface area contributed by atoms with Gasteiger partial charge in [0.05, 0.1) is 12.2 Å². The molecule has 1 fully saturated rings. The van der Waals surface area contributed by atoms with E-state index < -0.39 is 24.2 Å². The van der Waals surface area contributed by atoms with E-state index in [1.54, 1.807) is 24.3 Å². The average molecular weight is 518 g/mol. The summed E-state index contributed by atoms with van der Waals surface area (Å²) < 4.78 is 42.7. The summed E-state index contributed by atoms with van der Waals surface area (Å²) in [5.74, 6) is -0.328. The number of nitrogens with one attached hydrogen (secondary N) is 2. The molecule has 3 aromatic rings. The molecule has 2 aliphatic heterocycles. The number of nitrogens with zero attached hydrogens (tertiary/aromatic N) is 3. The average Bonchev–Trinajstić information content (AvgIpc) is 3.29. The van der Waals surface area contributed by atoms with Gasteiger partial charge in [0.2, 0.25) is 0 Å². The van der Waals surface area contributed by atoms with Crippen molar-refractivity contribution in [3.63, 3.8) is 0 Å². The number of hydrogen-bond donors (Lipinski definition) is 2. The number of likely N-dealkylation sites (tertiary alicyclic amines) is 1. The van der Waals surface area contributed by atoms with Crippen LogP contribution in [0.25, 0.3) is 0 Å². The minimum absolute atomic E-state index is 0.0471. The standard InChI is InChI=1S/C26H27ClF3N5O/c27-19-8-6-18(7-9-19)22-14-23(26(28,29)30)35-24(33-22)21(15-31-35)25(36)32-20-10-12-34(13-11-20)16-17-4-2-1-3-5-17/h1-9,15,20,22-23,33H,10-14,16H2,(H,32,36). The fourth-order valence-corrected chi connectivity index (χ4v) is 5.11. The van der Waals surface area contributed by atoms with E-state index >= 15 is 0 Å². The fraction of sp³-hybridized carbons (Fsp3) is 0.385. The Morgan fingerprint density at radius 2 is 1.78 bits per heavy atom. The Morgan fingerprint density at radius 1 is 1.08 bits per heavy atom. The van der Waals surface area contributed by atoms with Gasteiger partial charge in [0, 0.05) is 37.1 Å². The minimum Gasteiger partial charge on any atom is -0.363 e. The molecule has 2 unspecified atom stereocenters. The highest BCUT2D eigenvalue weighted by molar-refractivity contribution is 6.30. The Kier molecular flexibility index (Phi) is 6.94. The Bertz CT molecular complexity index is 1190. The van der Waals surface area contributed by atoms with Crippen LogP contribution in [0.4, 0.5) is 19.0 Å². The highest BCUT2D eigenvalue weighted by Gasteiger charge is 2.47. The summed E-state index contributed by atoms with van der Waals surface area (Å²) in [6.45, 7) is 2.52. The van der Waals surface area contributed by atoms with E-state index in [4.69, 9.17) is 11.6 Å². The van der Waals surface area contributed by atoms with Gasteiger partial charge in [-0.05, 0) is 36.1 Å². The SMILES string of the molecule is O=C(NC1CCN(Cc2ccccc2)CC1)c1cnn2c1NC(c1ccc(Cl)cc1)CC2C(F)(F)F. The lowest BCUT2D eigenvalue weighted by atomic mass is 9.96. The van der Waals surface area contributed by atoms with Crippen molar-refractivity contribution in [2.24, 2.45) is 0 Å². The van der Waals surface area contributed by atoms with Crippen molar-refractivity contribution in [3.05, 3.63) is 82.5 Å². The van der Waals surface area contributed by atoms with Crippen LogP contribution in [0.1, 0.15) is 52.8 Å². The van der Waals surface area contributed by atoms with Gasteiger partial charge < -0.3 is 10.6 Å². The minimum atomic E-state index is -4.51. The molecule has 0 saturated carbocycles. The zero-order chi connectivity index (χ0) is 25.3. The van der Waals surface area contributed by atoms with E-state index in [9.17, 15) is 18.0 Å². The molecule has 190 valence electrons. The second-order valence-corrected chi connectivity index (χ2v) is 9.84. The lowest BCUT2D eigenvalue weighted by molar-refractivity contribution is -0.173. The predicted molar refractivity (Wildman–Crippen MR) is 132 cm³/mol. The van der Waals surface area contributed by atoms with Crippen LogP contribution in [-0.4, -0.2) is 45.9 Å². The number of rotatable bonds is 5. The van der Waals surface area contributed by atoms with Gasteiger partial charge in [-0.1, -0.05) is 54.1 Å². The van der Waals surface area contributed by atoms with Gasteiger partial charge in [0.1, 0.15) is 11.4 Å². The molecule has 2 atom stereocenters. The molecule has 2 N–H and O–H groups in total. The lowest BCUT2D eigenvalue weighted by Gasteiger charge is -2.34. The van der Waals surface area contributed by atoms with Gasteiger partial charge >= 0.3 is 6.18 Å². The van der Waals surface area contributed by atoms with Gasteiger partial charge in [-0.2, -0.15) is 18.3 Å². The summed E-state index contributed by atoms with van der Waals surface area (Å²) in [5.41, 5.74) is 2.03. The first-order valence-corrected chi connectivity index (χ1v) is 12.4. The summed E-state index contributed by atoms with van der Waals surface area (Å²) in [6.07, 6.45) is -1.97. The van der Waals surface area contributed by atoms with Crippen molar-refractivity contribution in [1.29, 1.82) is 0 Å². The molecule has 0 spiro atoms. The van der Waals surface area contributed by atoms with Crippen molar-refractivity contribution in [3.8, 4) is 0 Å². The Labute approximate surface area is 212 Å². The highest BCUT2D eigenvalue weighted by atomic mass is 35.5. The molecule has 2 aliphatic rings. The molecule has 1 aromatic heterocycles. The number of hydrogen-bond acceptors (Lipinski definition) is 4.